The second kappa shape index (κ2) is 6.26. The zero-order valence-corrected chi connectivity index (χ0v) is 13.8. The van der Waals surface area contributed by atoms with Gasteiger partial charge in [0.05, 0.1) is 12.2 Å². The zero-order valence-electron chi connectivity index (χ0n) is 13.8. The van der Waals surface area contributed by atoms with Crippen LogP contribution in [0.3, 0.4) is 0 Å². The van der Waals surface area contributed by atoms with Gasteiger partial charge in [-0.15, -0.1) is 0 Å². The molecule has 0 radical (unpaired) electrons. The van der Waals surface area contributed by atoms with E-state index in [1.165, 1.54) is 11.3 Å². The number of furan rings is 1. The second-order valence-electron chi connectivity index (χ2n) is 6.00. The maximum atomic E-state index is 5.99. The Kier molecular flexibility index (Phi) is 4.36. The van der Waals surface area contributed by atoms with Crippen molar-refractivity contribution < 1.29 is 9.15 Å². The highest BCUT2D eigenvalue weighted by Crippen LogP contribution is 2.33. The maximum Gasteiger partial charge on any atom is 0.117 e. The van der Waals surface area contributed by atoms with Crippen molar-refractivity contribution in [1.29, 1.82) is 0 Å². The molecule has 0 aromatic carbocycles. The molecule has 2 aromatic heterocycles. The van der Waals surface area contributed by atoms with Crippen molar-refractivity contribution in [3.8, 4) is 0 Å². The minimum Gasteiger partial charge on any atom is -0.465 e. The number of aryl methyl sites for hydroxylation is 3. The van der Waals surface area contributed by atoms with E-state index in [2.05, 4.69) is 43.3 Å². The third-order valence-electron chi connectivity index (χ3n) is 4.55. The van der Waals surface area contributed by atoms with Crippen LogP contribution in [0.2, 0.25) is 0 Å². The normalized spacial score (nSPS) is 21.6. The summed E-state index contributed by atoms with van der Waals surface area (Å²) in [6.45, 7) is 7.79. The van der Waals surface area contributed by atoms with Gasteiger partial charge in [0.1, 0.15) is 17.6 Å². The lowest BCUT2D eigenvalue weighted by Gasteiger charge is -2.20. The Labute approximate surface area is 131 Å². The molecule has 1 saturated heterocycles. The molecule has 1 N–H and O–H groups in total. The summed E-state index contributed by atoms with van der Waals surface area (Å²) < 4.78 is 13.7. The summed E-state index contributed by atoms with van der Waals surface area (Å²) in [6, 6.07) is 4.41. The van der Waals surface area contributed by atoms with Crippen molar-refractivity contribution in [3.05, 3.63) is 40.6 Å². The molecule has 0 amide bonds. The van der Waals surface area contributed by atoms with Gasteiger partial charge in [-0.05, 0) is 32.4 Å². The van der Waals surface area contributed by atoms with Gasteiger partial charge in [0.25, 0.3) is 0 Å². The van der Waals surface area contributed by atoms with Crippen molar-refractivity contribution in [2.75, 3.05) is 6.61 Å². The largest absolute Gasteiger partial charge is 0.465 e. The number of nitrogens with one attached hydrogen (secondary N) is 1. The van der Waals surface area contributed by atoms with E-state index in [9.17, 15) is 0 Å². The Hall–Kier alpha value is -1.59. The van der Waals surface area contributed by atoms with Crippen LogP contribution in [-0.4, -0.2) is 22.4 Å². The molecule has 1 aliphatic heterocycles. The van der Waals surface area contributed by atoms with Gasteiger partial charge >= 0.3 is 0 Å². The van der Waals surface area contributed by atoms with Gasteiger partial charge in [-0.25, -0.2) is 0 Å². The molecular formula is C17H25N3O2. The van der Waals surface area contributed by atoms with Crippen LogP contribution in [-0.2, 0) is 24.8 Å². The molecule has 3 heterocycles. The van der Waals surface area contributed by atoms with Crippen molar-refractivity contribution in [1.82, 2.24) is 15.1 Å². The van der Waals surface area contributed by atoms with E-state index in [0.29, 0.717) is 6.04 Å². The number of aromatic nitrogens is 2. The van der Waals surface area contributed by atoms with E-state index in [1.54, 1.807) is 0 Å². The van der Waals surface area contributed by atoms with Crippen LogP contribution in [0.15, 0.2) is 16.5 Å². The van der Waals surface area contributed by atoms with E-state index >= 15 is 0 Å². The van der Waals surface area contributed by atoms with Gasteiger partial charge in [-0.2, -0.15) is 5.10 Å². The van der Waals surface area contributed by atoms with Crippen molar-refractivity contribution >= 4 is 0 Å². The molecule has 2 aromatic rings. The number of hydrogen-bond donors (Lipinski definition) is 1. The first-order valence-electron chi connectivity index (χ1n) is 8.02. The van der Waals surface area contributed by atoms with Gasteiger partial charge in [0.15, 0.2) is 0 Å². The first-order chi connectivity index (χ1) is 10.6. The molecule has 120 valence electrons. The highest BCUT2D eigenvalue weighted by Gasteiger charge is 2.33. The van der Waals surface area contributed by atoms with E-state index in [1.807, 2.05) is 11.7 Å². The molecule has 0 saturated carbocycles. The lowest BCUT2D eigenvalue weighted by molar-refractivity contribution is 0.0970. The fraction of sp³-hybridized carbons (Fsp3) is 0.588. The molecule has 0 aliphatic carbocycles. The van der Waals surface area contributed by atoms with Crippen LogP contribution in [0.25, 0.3) is 0 Å². The fourth-order valence-corrected chi connectivity index (χ4v) is 3.22. The van der Waals surface area contributed by atoms with E-state index < -0.39 is 0 Å². The Morgan fingerprint density at radius 3 is 2.73 bits per heavy atom. The lowest BCUT2D eigenvalue weighted by atomic mass is 10.0. The van der Waals surface area contributed by atoms with Crippen LogP contribution >= 0.6 is 0 Å². The molecular weight excluding hydrogens is 278 g/mol. The van der Waals surface area contributed by atoms with Crippen molar-refractivity contribution in [2.45, 2.75) is 52.3 Å². The monoisotopic (exact) mass is 303 g/mol. The van der Waals surface area contributed by atoms with Gasteiger partial charge < -0.3 is 14.5 Å². The first kappa shape index (κ1) is 15.3. The van der Waals surface area contributed by atoms with Gasteiger partial charge in [-0.3, -0.25) is 4.68 Å². The molecule has 5 nitrogen and oxygen atoms in total. The fourth-order valence-electron chi connectivity index (χ4n) is 3.22. The quantitative estimate of drug-likeness (QED) is 0.923. The average Bonchev–Trinajstić information content (AvgIpc) is 3.18. The summed E-state index contributed by atoms with van der Waals surface area (Å²) in [6.07, 6.45) is 2.03. The summed E-state index contributed by atoms with van der Waals surface area (Å²) in [5, 5.41) is 8.10. The molecule has 3 rings (SSSR count). The Bertz CT molecular complexity index is 644. The Balaban J connectivity index is 1.70. The van der Waals surface area contributed by atoms with E-state index in [4.69, 9.17) is 9.15 Å². The third kappa shape index (κ3) is 2.83. The molecule has 1 aliphatic rings. The molecule has 22 heavy (non-hydrogen) atoms. The predicted molar refractivity (Wildman–Crippen MR) is 84.7 cm³/mol. The number of rotatable bonds is 5. The predicted octanol–water partition coefficient (Wildman–Crippen LogP) is 2.81. The maximum absolute atomic E-state index is 5.99. The summed E-state index contributed by atoms with van der Waals surface area (Å²) in [5.74, 6) is 2.03. The van der Waals surface area contributed by atoms with Gasteiger partial charge in [-0.1, -0.05) is 6.92 Å². The van der Waals surface area contributed by atoms with E-state index in [0.717, 1.165) is 43.2 Å². The van der Waals surface area contributed by atoms with Crippen molar-refractivity contribution in [3.63, 3.8) is 0 Å². The smallest absolute Gasteiger partial charge is 0.117 e. The van der Waals surface area contributed by atoms with Crippen LogP contribution in [0.1, 0.15) is 47.9 Å². The second-order valence-corrected chi connectivity index (χ2v) is 6.00. The first-order valence-corrected chi connectivity index (χ1v) is 8.02. The molecule has 0 spiro atoms. The summed E-state index contributed by atoms with van der Waals surface area (Å²) >= 11 is 0. The minimum atomic E-state index is 0.0781. The molecule has 5 heteroatoms. The Morgan fingerprint density at radius 2 is 2.09 bits per heavy atom. The molecule has 0 bridgehead atoms. The van der Waals surface area contributed by atoms with Crippen LogP contribution < -0.4 is 5.32 Å². The topological polar surface area (TPSA) is 52.2 Å². The highest BCUT2D eigenvalue weighted by molar-refractivity contribution is 5.29. The summed E-state index contributed by atoms with van der Waals surface area (Å²) in [5.41, 5.74) is 3.47. The Morgan fingerprint density at radius 1 is 1.32 bits per heavy atom. The number of nitrogens with zero attached hydrogens (tertiary/aromatic N) is 2. The average molecular weight is 303 g/mol. The lowest BCUT2D eigenvalue weighted by Crippen LogP contribution is -2.31. The standard InChI is InChI=1S/C17H25N3O2/c1-5-13-6-7-14(22-13)10-18-15-8-9-21-17(15)16-11(2)19-20(4)12(16)3/h6-7,15,17-18H,5,8-10H2,1-4H3/t15-,17-/m0/s1. The molecule has 0 unspecified atom stereocenters. The van der Waals surface area contributed by atoms with Crippen LogP contribution in [0, 0.1) is 13.8 Å². The van der Waals surface area contributed by atoms with Crippen LogP contribution in [0.5, 0.6) is 0 Å². The van der Waals surface area contributed by atoms with Crippen LogP contribution in [0.4, 0.5) is 0 Å². The van der Waals surface area contributed by atoms with Gasteiger partial charge in [0.2, 0.25) is 0 Å². The number of ether oxygens (including phenoxy) is 1. The summed E-state index contributed by atoms with van der Waals surface area (Å²) in [7, 11) is 1.98. The zero-order chi connectivity index (χ0) is 15.7. The minimum absolute atomic E-state index is 0.0781. The molecule has 1 fully saturated rings. The molecule has 2 atom stereocenters. The highest BCUT2D eigenvalue weighted by atomic mass is 16.5. The van der Waals surface area contributed by atoms with Gasteiger partial charge in [0, 0.05) is 37.4 Å². The van der Waals surface area contributed by atoms with E-state index in [-0.39, 0.29) is 6.10 Å². The number of hydrogen-bond acceptors (Lipinski definition) is 4. The SMILES string of the molecule is CCc1ccc(CN[C@H]2CCO[C@@H]2c2c(C)nn(C)c2C)o1. The summed E-state index contributed by atoms with van der Waals surface area (Å²) in [4.78, 5) is 0. The third-order valence-corrected chi connectivity index (χ3v) is 4.55. The van der Waals surface area contributed by atoms with Crippen molar-refractivity contribution in [2.24, 2.45) is 7.05 Å².